The van der Waals surface area contributed by atoms with E-state index in [0.717, 1.165) is 4.90 Å². The molecule has 0 spiro atoms. The van der Waals surface area contributed by atoms with Gasteiger partial charge in [-0.25, -0.2) is 4.39 Å². The third kappa shape index (κ3) is 4.08. The van der Waals surface area contributed by atoms with Crippen LogP contribution in [0.3, 0.4) is 0 Å². The molecule has 0 aliphatic carbocycles. The van der Waals surface area contributed by atoms with Crippen molar-refractivity contribution >= 4 is 23.5 Å². The molecule has 1 aromatic rings. The van der Waals surface area contributed by atoms with Gasteiger partial charge in [-0.15, -0.1) is 0 Å². The molecule has 1 aliphatic rings. The summed E-state index contributed by atoms with van der Waals surface area (Å²) >= 11 is 0. The summed E-state index contributed by atoms with van der Waals surface area (Å²) in [4.78, 5) is 38.0. The lowest BCUT2D eigenvalue weighted by Gasteiger charge is -2.23. The number of carboxylic acids is 1. The molecule has 8 heteroatoms. The maximum Gasteiger partial charge on any atom is 0.323 e. The Morgan fingerprint density at radius 1 is 1.42 bits per heavy atom. The van der Waals surface area contributed by atoms with Gasteiger partial charge in [-0.3, -0.25) is 14.4 Å². The first-order valence-electron chi connectivity index (χ1n) is 7.48. The van der Waals surface area contributed by atoms with E-state index in [1.165, 1.54) is 30.2 Å². The summed E-state index contributed by atoms with van der Waals surface area (Å²) in [5.74, 6) is -3.19. The van der Waals surface area contributed by atoms with Crippen LogP contribution in [0.25, 0.3) is 0 Å². The predicted molar refractivity (Wildman–Crippen MR) is 83.0 cm³/mol. The minimum atomic E-state index is -1.14. The Bertz CT molecular complexity index is 637. The Balaban J connectivity index is 2.11. The van der Waals surface area contributed by atoms with Crippen molar-refractivity contribution in [1.82, 2.24) is 4.90 Å². The lowest BCUT2D eigenvalue weighted by Crippen LogP contribution is -2.42. The largest absolute Gasteiger partial charge is 0.480 e. The quantitative estimate of drug-likeness (QED) is 0.792. The average molecular weight is 338 g/mol. The summed E-state index contributed by atoms with van der Waals surface area (Å²) in [6.45, 7) is -0.128. The van der Waals surface area contributed by atoms with E-state index in [0.29, 0.717) is 0 Å². The molecule has 1 atom stereocenters. The number of para-hydroxylation sites is 1. The van der Waals surface area contributed by atoms with Gasteiger partial charge in [0.05, 0.1) is 18.2 Å². The van der Waals surface area contributed by atoms with Crippen molar-refractivity contribution in [3.63, 3.8) is 0 Å². The predicted octanol–water partition coefficient (Wildman–Crippen LogP) is 0.738. The van der Waals surface area contributed by atoms with E-state index in [4.69, 9.17) is 9.84 Å². The zero-order valence-corrected chi connectivity index (χ0v) is 13.3. The van der Waals surface area contributed by atoms with Crippen LogP contribution in [0.4, 0.5) is 10.1 Å². The van der Waals surface area contributed by atoms with Crippen molar-refractivity contribution < 1.29 is 28.6 Å². The smallest absolute Gasteiger partial charge is 0.323 e. The third-order valence-corrected chi connectivity index (χ3v) is 3.82. The van der Waals surface area contributed by atoms with E-state index in [1.54, 1.807) is 6.07 Å². The number of ether oxygens (including phenoxy) is 1. The highest BCUT2D eigenvalue weighted by molar-refractivity contribution is 6.00. The first kappa shape index (κ1) is 17.9. The van der Waals surface area contributed by atoms with Crippen molar-refractivity contribution in [2.75, 3.05) is 38.3 Å². The maximum absolute atomic E-state index is 13.9. The van der Waals surface area contributed by atoms with Crippen LogP contribution in [0.2, 0.25) is 0 Å². The van der Waals surface area contributed by atoms with Crippen LogP contribution in [-0.4, -0.2) is 61.1 Å². The van der Waals surface area contributed by atoms with Crippen LogP contribution in [0, 0.1) is 11.7 Å². The van der Waals surface area contributed by atoms with Crippen LogP contribution >= 0.6 is 0 Å². The van der Waals surface area contributed by atoms with Crippen molar-refractivity contribution in [2.24, 2.45) is 5.92 Å². The van der Waals surface area contributed by atoms with Gasteiger partial charge in [-0.1, -0.05) is 12.1 Å². The summed E-state index contributed by atoms with van der Waals surface area (Å²) in [5.41, 5.74) is 0.125. The van der Waals surface area contributed by atoms with Gasteiger partial charge < -0.3 is 19.6 Å². The number of carbonyl (C=O) groups is 3. The minimum absolute atomic E-state index is 0.0295. The summed E-state index contributed by atoms with van der Waals surface area (Å²) in [5, 5.41) is 8.93. The highest BCUT2D eigenvalue weighted by atomic mass is 19.1. The summed E-state index contributed by atoms with van der Waals surface area (Å²) < 4.78 is 18.7. The van der Waals surface area contributed by atoms with Crippen molar-refractivity contribution in [2.45, 2.75) is 6.42 Å². The topological polar surface area (TPSA) is 87.1 Å². The number of benzene rings is 1. The Hall–Kier alpha value is -2.48. The summed E-state index contributed by atoms with van der Waals surface area (Å²) in [7, 11) is 1.45. The van der Waals surface area contributed by atoms with Gasteiger partial charge in [0.1, 0.15) is 12.4 Å². The number of carboxylic acid groups (broad SMARTS) is 1. The molecule has 1 heterocycles. The molecule has 0 bridgehead atoms. The van der Waals surface area contributed by atoms with Crippen LogP contribution in [0.1, 0.15) is 6.42 Å². The molecule has 1 N–H and O–H groups in total. The number of hydrogen-bond acceptors (Lipinski definition) is 4. The van der Waals surface area contributed by atoms with Gasteiger partial charge in [-0.05, 0) is 12.1 Å². The van der Waals surface area contributed by atoms with Crippen molar-refractivity contribution in [3.05, 3.63) is 30.1 Å². The van der Waals surface area contributed by atoms with Crippen LogP contribution in [0.15, 0.2) is 24.3 Å². The summed E-state index contributed by atoms with van der Waals surface area (Å²) in [6.07, 6.45) is -0.0731. The lowest BCUT2D eigenvalue weighted by atomic mass is 10.1. The second-order valence-electron chi connectivity index (χ2n) is 5.50. The van der Waals surface area contributed by atoms with E-state index in [1.807, 2.05) is 0 Å². The number of rotatable bonds is 7. The average Bonchev–Trinajstić information content (AvgIpc) is 2.92. The normalized spacial score (nSPS) is 17.2. The van der Waals surface area contributed by atoms with Gasteiger partial charge >= 0.3 is 5.97 Å². The van der Waals surface area contributed by atoms with Gasteiger partial charge in [0, 0.05) is 26.6 Å². The van der Waals surface area contributed by atoms with Gasteiger partial charge in [0.2, 0.25) is 11.8 Å². The molecule has 1 fully saturated rings. The Morgan fingerprint density at radius 2 is 2.12 bits per heavy atom. The van der Waals surface area contributed by atoms with E-state index in [-0.39, 0.29) is 37.7 Å². The molecule has 2 rings (SSSR count). The molecule has 7 nitrogen and oxygen atoms in total. The molecular formula is C16H19FN2O5. The fourth-order valence-corrected chi connectivity index (χ4v) is 2.67. The number of methoxy groups -OCH3 is 1. The van der Waals surface area contributed by atoms with Crippen LogP contribution in [-0.2, 0) is 19.1 Å². The molecule has 1 aliphatic heterocycles. The Kier molecular flexibility index (Phi) is 5.86. The fourth-order valence-electron chi connectivity index (χ4n) is 2.67. The lowest BCUT2D eigenvalue weighted by molar-refractivity contribution is -0.146. The standard InChI is InChI=1S/C16H19FN2O5/c1-24-7-6-18(10-15(21)22)16(23)11-8-14(20)19(9-11)13-5-3-2-4-12(13)17/h2-5,11H,6-10H2,1H3,(H,21,22). The first-order chi connectivity index (χ1) is 11.4. The number of amides is 2. The molecule has 0 saturated carbocycles. The zero-order chi connectivity index (χ0) is 17.7. The molecule has 130 valence electrons. The SMILES string of the molecule is COCCN(CC(=O)O)C(=O)C1CC(=O)N(c2ccccc2F)C1. The number of carbonyl (C=O) groups excluding carboxylic acids is 2. The molecule has 1 saturated heterocycles. The second kappa shape index (κ2) is 7.87. The van der Waals surface area contributed by atoms with E-state index in [9.17, 15) is 18.8 Å². The second-order valence-corrected chi connectivity index (χ2v) is 5.50. The van der Waals surface area contributed by atoms with Crippen molar-refractivity contribution in [3.8, 4) is 0 Å². The summed E-state index contributed by atoms with van der Waals surface area (Å²) in [6, 6.07) is 5.84. The monoisotopic (exact) mass is 338 g/mol. The first-order valence-corrected chi connectivity index (χ1v) is 7.48. The maximum atomic E-state index is 13.9. The number of hydrogen-bond donors (Lipinski definition) is 1. The van der Waals surface area contributed by atoms with E-state index in [2.05, 4.69) is 0 Å². The molecule has 1 unspecified atom stereocenters. The highest BCUT2D eigenvalue weighted by Gasteiger charge is 2.38. The molecule has 0 radical (unpaired) electrons. The minimum Gasteiger partial charge on any atom is -0.480 e. The van der Waals surface area contributed by atoms with E-state index < -0.39 is 30.2 Å². The van der Waals surface area contributed by atoms with Gasteiger partial charge in [0.25, 0.3) is 0 Å². The van der Waals surface area contributed by atoms with Crippen LogP contribution < -0.4 is 4.90 Å². The van der Waals surface area contributed by atoms with Gasteiger partial charge in [-0.2, -0.15) is 0 Å². The number of halogens is 1. The third-order valence-electron chi connectivity index (χ3n) is 3.82. The fraction of sp³-hybridized carbons (Fsp3) is 0.438. The van der Waals surface area contributed by atoms with Crippen molar-refractivity contribution in [1.29, 1.82) is 0 Å². The molecule has 24 heavy (non-hydrogen) atoms. The van der Waals surface area contributed by atoms with Gasteiger partial charge in [0.15, 0.2) is 0 Å². The Labute approximate surface area is 138 Å². The highest BCUT2D eigenvalue weighted by Crippen LogP contribution is 2.28. The van der Waals surface area contributed by atoms with Crippen LogP contribution in [0.5, 0.6) is 0 Å². The molecular weight excluding hydrogens is 319 g/mol. The van der Waals surface area contributed by atoms with E-state index >= 15 is 0 Å². The Morgan fingerprint density at radius 3 is 2.75 bits per heavy atom. The molecule has 0 aromatic heterocycles. The number of anilines is 1. The molecule has 2 amide bonds. The molecule has 1 aromatic carbocycles. The zero-order valence-electron chi connectivity index (χ0n) is 13.3. The number of nitrogens with zero attached hydrogens (tertiary/aromatic N) is 2. The number of aliphatic carboxylic acids is 1.